The van der Waals surface area contributed by atoms with E-state index in [9.17, 15) is 0 Å². The van der Waals surface area contributed by atoms with E-state index in [1.54, 1.807) is 0 Å². The molecule has 0 bridgehead atoms. The lowest BCUT2D eigenvalue weighted by molar-refractivity contribution is 0.719. The zero-order valence-corrected chi connectivity index (χ0v) is 12.8. The smallest absolute Gasteiger partial charge is 0.0335 e. The summed E-state index contributed by atoms with van der Waals surface area (Å²) < 4.78 is 0. The number of nitrogens with two attached hydrogens (primary N) is 1. The summed E-state index contributed by atoms with van der Waals surface area (Å²) in [5.41, 5.74) is 13.1. The fourth-order valence-corrected chi connectivity index (χ4v) is 2.65. The Bertz CT molecular complexity index is 554. The van der Waals surface area contributed by atoms with Crippen LogP contribution in [0.4, 0.5) is 0 Å². The molecule has 0 saturated carbocycles. The lowest BCUT2D eigenvalue weighted by Gasteiger charge is -2.15. The molecule has 2 aromatic rings. The Morgan fingerprint density at radius 3 is 2.15 bits per heavy atom. The van der Waals surface area contributed by atoms with Crippen LogP contribution in [0, 0.1) is 6.92 Å². The minimum absolute atomic E-state index is 0.0777. The van der Waals surface area contributed by atoms with Gasteiger partial charge in [0.25, 0.3) is 0 Å². The molecule has 0 spiro atoms. The van der Waals surface area contributed by atoms with Crippen molar-refractivity contribution in [2.75, 3.05) is 0 Å². The van der Waals surface area contributed by atoms with Crippen molar-refractivity contribution in [3.63, 3.8) is 0 Å². The summed E-state index contributed by atoms with van der Waals surface area (Å²) in [6.45, 7) is 6.53. The van der Waals surface area contributed by atoms with Crippen LogP contribution in [0.5, 0.6) is 0 Å². The van der Waals surface area contributed by atoms with Crippen LogP contribution in [0.15, 0.2) is 42.5 Å². The summed E-state index contributed by atoms with van der Waals surface area (Å²) in [6, 6.07) is 15.5. The number of rotatable bonds is 5. The fraction of sp³-hybridized carbons (Fsp3) is 0.368. The van der Waals surface area contributed by atoms with Gasteiger partial charge in [-0.05, 0) is 48.4 Å². The first-order valence-corrected chi connectivity index (χ1v) is 7.56. The molecule has 0 aliphatic carbocycles. The van der Waals surface area contributed by atoms with Gasteiger partial charge in [0.15, 0.2) is 0 Å². The van der Waals surface area contributed by atoms with Crippen LogP contribution >= 0.6 is 0 Å². The maximum atomic E-state index is 6.38. The highest BCUT2D eigenvalue weighted by molar-refractivity contribution is 5.34. The van der Waals surface area contributed by atoms with Crippen LogP contribution in [-0.4, -0.2) is 0 Å². The third-order valence-electron chi connectivity index (χ3n) is 4.00. The fourth-order valence-electron chi connectivity index (χ4n) is 2.65. The van der Waals surface area contributed by atoms with Crippen molar-refractivity contribution < 1.29 is 0 Å². The minimum atomic E-state index is 0.0777. The molecular formula is C19H25N. The van der Waals surface area contributed by atoms with Gasteiger partial charge < -0.3 is 5.73 Å². The Labute approximate surface area is 122 Å². The van der Waals surface area contributed by atoms with E-state index in [-0.39, 0.29) is 6.04 Å². The monoisotopic (exact) mass is 267 g/mol. The van der Waals surface area contributed by atoms with Crippen molar-refractivity contribution in [3.05, 3.63) is 70.3 Å². The van der Waals surface area contributed by atoms with Gasteiger partial charge in [-0.25, -0.2) is 0 Å². The Morgan fingerprint density at radius 2 is 1.55 bits per heavy atom. The molecule has 1 atom stereocenters. The Morgan fingerprint density at radius 1 is 0.900 bits per heavy atom. The molecule has 0 aromatic heterocycles. The van der Waals surface area contributed by atoms with Crippen LogP contribution in [0.25, 0.3) is 0 Å². The van der Waals surface area contributed by atoms with Crippen molar-refractivity contribution in [2.45, 2.75) is 46.1 Å². The average molecular weight is 267 g/mol. The maximum absolute atomic E-state index is 6.38. The molecule has 1 unspecified atom stereocenters. The van der Waals surface area contributed by atoms with E-state index in [0.717, 1.165) is 19.3 Å². The van der Waals surface area contributed by atoms with E-state index in [2.05, 4.69) is 63.2 Å². The second-order valence-electron chi connectivity index (χ2n) is 5.53. The van der Waals surface area contributed by atoms with Gasteiger partial charge in [-0.2, -0.15) is 0 Å². The first-order valence-electron chi connectivity index (χ1n) is 7.56. The van der Waals surface area contributed by atoms with E-state index < -0.39 is 0 Å². The molecule has 0 amide bonds. The molecule has 106 valence electrons. The number of hydrogen-bond donors (Lipinski definition) is 1. The van der Waals surface area contributed by atoms with E-state index in [4.69, 9.17) is 5.73 Å². The van der Waals surface area contributed by atoms with Gasteiger partial charge in [-0.15, -0.1) is 0 Å². The molecule has 1 nitrogen and oxygen atoms in total. The van der Waals surface area contributed by atoms with E-state index >= 15 is 0 Å². The number of benzene rings is 2. The Hall–Kier alpha value is -1.60. The quantitative estimate of drug-likeness (QED) is 0.855. The second-order valence-corrected chi connectivity index (χ2v) is 5.53. The first-order chi connectivity index (χ1) is 9.63. The highest BCUT2D eigenvalue weighted by Gasteiger charge is 2.09. The molecule has 0 heterocycles. The van der Waals surface area contributed by atoms with Crippen molar-refractivity contribution >= 4 is 0 Å². The zero-order valence-electron chi connectivity index (χ0n) is 12.8. The van der Waals surface area contributed by atoms with Gasteiger partial charge in [-0.1, -0.05) is 61.9 Å². The maximum Gasteiger partial charge on any atom is 0.0335 e. The minimum Gasteiger partial charge on any atom is -0.324 e. The molecule has 2 N–H and O–H groups in total. The SMILES string of the molecule is CCc1ccc(C(N)Cc2ccc(C)cc2)cc1CC. The molecule has 20 heavy (non-hydrogen) atoms. The standard InChI is InChI=1S/C19H25N/c1-4-16-10-11-18(13-17(16)5-2)19(20)12-15-8-6-14(3)7-9-15/h6-11,13,19H,4-5,12,20H2,1-3H3. The summed E-state index contributed by atoms with van der Waals surface area (Å²) in [5.74, 6) is 0. The van der Waals surface area contributed by atoms with Gasteiger partial charge in [0.1, 0.15) is 0 Å². The Kier molecular flexibility index (Phi) is 4.97. The topological polar surface area (TPSA) is 26.0 Å². The highest BCUT2D eigenvalue weighted by Crippen LogP contribution is 2.21. The lowest BCUT2D eigenvalue weighted by atomic mass is 9.94. The van der Waals surface area contributed by atoms with Gasteiger partial charge in [0, 0.05) is 6.04 Å². The third kappa shape index (κ3) is 3.49. The molecule has 0 aliphatic rings. The highest BCUT2D eigenvalue weighted by atomic mass is 14.6. The normalized spacial score (nSPS) is 12.4. The van der Waals surface area contributed by atoms with E-state index in [0.29, 0.717) is 0 Å². The van der Waals surface area contributed by atoms with Gasteiger partial charge in [0.2, 0.25) is 0 Å². The molecule has 0 fully saturated rings. The molecule has 2 aromatic carbocycles. The van der Waals surface area contributed by atoms with Gasteiger partial charge in [0.05, 0.1) is 0 Å². The summed E-state index contributed by atoms with van der Waals surface area (Å²) in [7, 11) is 0. The molecule has 1 heteroatoms. The second kappa shape index (κ2) is 6.71. The predicted octanol–water partition coefficient (Wildman–Crippen LogP) is 4.36. The number of hydrogen-bond acceptors (Lipinski definition) is 1. The van der Waals surface area contributed by atoms with Crippen LogP contribution in [0.1, 0.15) is 47.7 Å². The predicted molar refractivity (Wildman–Crippen MR) is 87.0 cm³/mol. The van der Waals surface area contributed by atoms with Crippen molar-refractivity contribution in [2.24, 2.45) is 5.73 Å². The van der Waals surface area contributed by atoms with Crippen LogP contribution in [0.3, 0.4) is 0 Å². The summed E-state index contributed by atoms with van der Waals surface area (Å²) in [5, 5.41) is 0. The van der Waals surface area contributed by atoms with Crippen LogP contribution in [-0.2, 0) is 19.3 Å². The molecule has 2 rings (SSSR count). The largest absolute Gasteiger partial charge is 0.324 e. The van der Waals surface area contributed by atoms with Gasteiger partial charge in [-0.3, -0.25) is 0 Å². The molecule has 0 aliphatic heterocycles. The van der Waals surface area contributed by atoms with Crippen molar-refractivity contribution in [3.8, 4) is 0 Å². The summed E-state index contributed by atoms with van der Waals surface area (Å²) in [6.07, 6.45) is 3.07. The molecule has 0 saturated heterocycles. The van der Waals surface area contributed by atoms with Crippen LogP contribution in [0.2, 0.25) is 0 Å². The summed E-state index contributed by atoms with van der Waals surface area (Å²) in [4.78, 5) is 0. The van der Waals surface area contributed by atoms with Gasteiger partial charge >= 0.3 is 0 Å². The third-order valence-corrected chi connectivity index (χ3v) is 4.00. The molecule has 0 radical (unpaired) electrons. The summed E-state index contributed by atoms with van der Waals surface area (Å²) >= 11 is 0. The van der Waals surface area contributed by atoms with E-state index in [1.807, 2.05) is 0 Å². The molecular weight excluding hydrogens is 242 g/mol. The van der Waals surface area contributed by atoms with Crippen molar-refractivity contribution in [1.29, 1.82) is 0 Å². The van der Waals surface area contributed by atoms with Crippen molar-refractivity contribution in [1.82, 2.24) is 0 Å². The Balaban J connectivity index is 2.16. The van der Waals surface area contributed by atoms with Crippen LogP contribution < -0.4 is 5.73 Å². The zero-order chi connectivity index (χ0) is 14.5. The average Bonchev–Trinajstić information content (AvgIpc) is 2.48. The van der Waals surface area contributed by atoms with E-state index in [1.165, 1.54) is 27.8 Å². The lowest BCUT2D eigenvalue weighted by Crippen LogP contribution is -2.14. The number of aryl methyl sites for hydroxylation is 3. The first kappa shape index (κ1) is 14.8.